The SMILES string of the molecule is C[C@H]([O-])CN1CCN(C[C@H](C)O)CCCN(C[C@H](C)O)CCN(C[C@H](C)O)CC1.[Fe+3]. The molecule has 1 saturated heterocycles. The second-order valence-corrected chi connectivity index (χ2v) is 8.91. The molecule has 0 saturated carbocycles. The van der Waals surface area contributed by atoms with Gasteiger partial charge in [-0.1, -0.05) is 6.92 Å². The van der Waals surface area contributed by atoms with Crippen molar-refractivity contribution in [3.63, 3.8) is 0 Å². The van der Waals surface area contributed by atoms with Crippen molar-refractivity contribution in [2.24, 2.45) is 0 Å². The van der Waals surface area contributed by atoms with Gasteiger partial charge in [0.05, 0.1) is 18.3 Å². The van der Waals surface area contributed by atoms with Gasteiger partial charge in [0.25, 0.3) is 0 Å². The molecule has 1 fully saturated rings. The van der Waals surface area contributed by atoms with Crippen LogP contribution in [0.5, 0.6) is 0 Å². The summed E-state index contributed by atoms with van der Waals surface area (Å²) in [6.45, 7) is 16.2. The van der Waals surface area contributed by atoms with Gasteiger partial charge in [-0.3, -0.25) is 14.7 Å². The summed E-state index contributed by atoms with van der Waals surface area (Å²) in [5.74, 6) is 0. The molecule has 0 spiro atoms. The Hall–Kier alpha value is 0.199. The van der Waals surface area contributed by atoms with E-state index in [9.17, 15) is 20.4 Å². The molecule has 1 radical (unpaired) electrons. The Morgan fingerprint density at radius 1 is 0.567 bits per heavy atom. The summed E-state index contributed by atoms with van der Waals surface area (Å²) in [6, 6.07) is 0. The van der Waals surface area contributed by atoms with Crippen LogP contribution in [0.3, 0.4) is 0 Å². The first kappa shape index (κ1) is 30.2. The van der Waals surface area contributed by atoms with Crippen molar-refractivity contribution in [3.8, 4) is 0 Å². The molecule has 1 aliphatic heterocycles. The predicted molar refractivity (Wildman–Crippen MR) is 115 cm³/mol. The van der Waals surface area contributed by atoms with E-state index >= 15 is 0 Å². The largest absolute Gasteiger partial charge is 3.00 e. The molecule has 0 aromatic carbocycles. The molecule has 3 N–H and O–H groups in total. The molecule has 179 valence electrons. The van der Waals surface area contributed by atoms with Gasteiger partial charge in [-0.15, -0.1) is 6.10 Å². The Morgan fingerprint density at radius 3 is 1.10 bits per heavy atom. The van der Waals surface area contributed by atoms with E-state index in [2.05, 4.69) is 19.6 Å². The Bertz CT molecular complexity index is 380. The number of aliphatic hydroxyl groups is 3. The molecule has 9 heteroatoms. The van der Waals surface area contributed by atoms with E-state index < -0.39 is 12.2 Å². The number of hydrogen-bond acceptors (Lipinski definition) is 8. The first-order chi connectivity index (χ1) is 13.7. The van der Waals surface area contributed by atoms with Crippen LogP contribution in [0.4, 0.5) is 0 Å². The third-order valence-corrected chi connectivity index (χ3v) is 5.23. The number of hydrogen-bond donors (Lipinski definition) is 3. The van der Waals surface area contributed by atoms with Crippen molar-refractivity contribution in [2.45, 2.75) is 58.5 Å². The van der Waals surface area contributed by atoms with Gasteiger partial charge in [0.15, 0.2) is 0 Å². The van der Waals surface area contributed by atoms with Crippen LogP contribution in [-0.4, -0.2) is 138 Å². The van der Waals surface area contributed by atoms with Gasteiger partial charge < -0.3 is 25.3 Å². The van der Waals surface area contributed by atoms with Gasteiger partial charge in [-0.2, -0.15) is 0 Å². The Kier molecular flexibility index (Phi) is 16.9. The fourth-order valence-corrected chi connectivity index (χ4v) is 4.03. The maximum atomic E-state index is 11.8. The molecule has 0 bridgehead atoms. The molecule has 1 rings (SSSR count). The molecule has 0 unspecified atom stereocenters. The van der Waals surface area contributed by atoms with Crippen LogP contribution in [0.15, 0.2) is 0 Å². The summed E-state index contributed by atoms with van der Waals surface area (Å²) in [6.07, 6.45) is -0.827. The molecular weight excluding hydrogens is 428 g/mol. The second-order valence-electron chi connectivity index (χ2n) is 8.91. The fourth-order valence-electron chi connectivity index (χ4n) is 4.03. The Labute approximate surface area is 194 Å². The normalized spacial score (nSPS) is 24.0. The van der Waals surface area contributed by atoms with E-state index in [0.29, 0.717) is 26.2 Å². The van der Waals surface area contributed by atoms with Crippen molar-refractivity contribution < 1.29 is 37.5 Å². The summed E-state index contributed by atoms with van der Waals surface area (Å²) in [5.41, 5.74) is 0. The molecular formula is C21H45FeN4O4+2. The smallest absolute Gasteiger partial charge is 0.851 e. The van der Waals surface area contributed by atoms with Crippen molar-refractivity contribution in [3.05, 3.63) is 0 Å². The Balaban J connectivity index is 0.00000841. The quantitative estimate of drug-likeness (QED) is 0.366. The number of aliphatic hydroxyl groups excluding tert-OH is 3. The van der Waals surface area contributed by atoms with Gasteiger partial charge in [-0.05, 0) is 46.8 Å². The molecule has 0 aromatic heterocycles. The van der Waals surface area contributed by atoms with Crippen LogP contribution in [0.25, 0.3) is 0 Å². The summed E-state index contributed by atoms with van der Waals surface area (Å²) in [4.78, 5) is 9.04. The molecule has 4 atom stereocenters. The molecule has 1 heterocycles. The van der Waals surface area contributed by atoms with Gasteiger partial charge in [-0.25, -0.2) is 0 Å². The number of rotatable bonds is 8. The maximum absolute atomic E-state index is 11.8. The average Bonchev–Trinajstić information content (AvgIpc) is 2.59. The van der Waals surface area contributed by atoms with Crippen molar-refractivity contribution in [1.29, 1.82) is 0 Å². The zero-order valence-electron chi connectivity index (χ0n) is 19.4. The van der Waals surface area contributed by atoms with E-state index in [1.165, 1.54) is 0 Å². The van der Waals surface area contributed by atoms with E-state index in [-0.39, 0.29) is 29.3 Å². The van der Waals surface area contributed by atoms with E-state index in [0.717, 1.165) is 58.8 Å². The monoisotopic (exact) mass is 473 g/mol. The van der Waals surface area contributed by atoms with E-state index in [1.54, 1.807) is 13.8 Å². The van der Waals surface area contributed by atoms with Crippen molar-refractivity contribution >= 4 is 0 Å². The van der Waals surface area contributed by atoms with Crippen LogP contribution in [-0.2, 0) is 17.1 Å². The first-order valence-electron chi connectivity index (χ1n) is 11.2. The first-order valence-corrected chi connectivity index (χ1v) is 11.2. The van der Waals surface area contributed by atoms with Crippen LogP contribution in [0, 0.1) is 0 Å². The minimum Gasteiger partial charge on any atom is -0.851 e. The third kappa shape index (κ3) is 15.1. The van der Waals surface area contributed by atoms with Gasteiger partial charge in [0.2, 0.25) is 0 Å². The van der Waals surface area contributed by atoms with Crippen molar-refractivity contribution in [1.82, 2.24) is 19.6 Å². The summed E-state index contributed by atoms with van der Waals surface area (Å²) < 4.78 is 0. The molecule has 8 nitrogen and oxygen atoms in total. The van der Waals surface area contributed by atoms with Crippen LogP contribution < -0.4 is 5.11 Å². The summed E-state index contributed by atoms with van der Waals surface area (Å²) in [7, 11) is 0. The molecule has 1 aliphatic rings. The van der Waals surface area contributed by atoms with E-state index in [1.807, 2.05) is 13.8 Å². The van der Waals surface area contributed by atoms with Crippen LogP contribution in [0.2, 0.25) is 0 Å². The Morgan fingerprint density at radius 2 is 0.833 bits per heavy atom. The molecule has 0 amide bonds. The summed E-state index contributed by atoms with van der Waals surface area (Å²) in [5, 5.41) is 41.4. The standard InChI is InChI=1S/C21H45N4O4.Fe/c1-18(26)14-22-6-5-7-23(15-19(2)27)9-11-25(17-21(4)29)13-12-24(10-8-22)16-20(3)28;/h18-21,26-28H,5-17H2,1-4H3;/q-1;+3/t18-,19-,20-,21-;/m0./s1. The van der Waals surface area contributed by atoms with Crippen LogP contribution in [0.1, 0.15) is 34.1 Å². The summed E-state index contributed by atoms with van der Waals surface area (Å²) >= 11 is 0. The second kappa shape index (κ2) is 16.8. The number of nitrogens with zero attached hydrogens (tertiary/aromatic N) is 4. The zero-order valence-corrected chi connectivity index (χ0v) is 20.5. The van der Waals surface area contributed by atoms with E-state index in [4.69, 9.17) is 0 Å². The minimum atomic E-state index is -0.636. The predicted octanol–water partition coefficient (Wildman–Crippen LogP) is -1.51. The van der Waals surface area contributed by atoms with Gasteiger partial charge in [0, 0.05) is 58.9 Å². The molecule has 30 heavy (non-hydrogen) atoms. The third-order valence-electron chi connectivity index (χ3n) is 5.23. The zero-order chi connectivity index (χ0) is 21.8. The van der Waals surface area contributed by atoms with Crippen LogP contribution >= 0.6 is 0 Å². The topological polar surface area (TPSA) is 96.7 Å². The van der Waals surface area contributed by atoms with Gasteiger partial charge in [0.1, 0.15) is 0 Å². The molecule has 0 aromatic rings. The van der Waals surface area contributed by atoms with Crippen molar-refractivity contribution in [2.75, 3.05) is 78.5 Å². The average molecular weight is 473 g/mol. The number of β-amino-alcohol motifs (C(OH)–C–C–N with tert-alkyl or cyclic N) is 3. The maximum Gasteiger partial charge on any atom is 3.00 e. The van der Waals surface area contributed by atoms with Gasteiger partial charge >= 0.3 is 17.1 Å². The molecule has 0 aliphatic carbocycles. The minimum absolute atomic E-state index is 0. The fraction of sp³-hybridized carbons (Fsp3) is 1.00.